The van der Waals surface area contributed by atoms with Gasteiger partial charge in [-0.05, 0) is 51.6 Å². The number of hydrogen-bond donors (Lipinski definition) is 1. The number of piperidine rings is 1. The topological polar surface area (TPSA) is 39.6 Å². The molecule has 0 bridgehead atoms. The Kier molecular flexibility index (Phi) is 4.58. The number of aromatic nitrogens is 1. The molecule has 0 aliphatic carbocycles. The fourth-order valence-corrected chi connectivity index (χ4v) is 4.22. The molecular formula is C15H25N3OS. The molecule has 3 rings (SSSR count). The predicted octanol–water partition coefficient (Wildman–Crippen LogP) is 2.51. The Hall–Kier alpha value is -0.650. The van der Waals surface area contributed by atoms with Crippen molar-refractivity contribution in [2.75, 3.05) is 37.6 Å². The molecule has 1 atom stereocenters. The van der Waals surface area contributed by atoms with Crippen molar-refractivity contribution < 1.29 is 5.11 Å². The van der Waals surface area contributed by atoms with Crippen LogP contribution in [0.1, 0.15) is 44.4 Å². The maximum absolute atomic E-state index is 9.56. The number of hydrogen-bond acceptors (Lipinski definition) is 5. The summed E-state index contributed by atoms with van der Waals surface area (Å²) in [6.07, 6.45) is 4.88. The first-order valence-electron chi connectivity index (χ1n) is 7.83. The monoisotopic (exact) mass is 295 g/mol. The van der Waals surface area contributed by atoms with Crippen LogP contribution in [0.2, 0.25) is 0 Å². The number of thiazole rings is 1. The van der Waals surface area contributed by atoms with Crippen molar-refractivity contribution >= 4 is 16.5 Å². The van der Waals surface area contributed by atoms with Crippen molar-refractivity contribution in [3.8, 4) is 0 Å². The maximum Gasteiger partial charge on any atom is 0.185 e. The number of rotatable bonds is 4. The lowest BCUT2D eigenvalue weighted by molar-refractivity contribution is 0.195. The molecule has 20 heavy (non-hydrogen) atoms. The zero-order chi connectivity index (χ0) is 13.9. The standard InChI is InChI=1S/C15H25N3OS/c1-12(19)14-11-20-15(16-14)18-8-4-13(5-9-18)10-17-6-2-3-7-17/h11-13,19H,2-10H2,1H3. The third kappa shape index (κ3) is 3.32. The van der Waals surface area contributed by atoms with Crippen molar-refractivity contribution in [1.82, 2.24) is 9.88 Å². The molecule has 1 aromatic heterocycles. The molecule has 0 saturated carbocycles. The highest BCUT2D eigenvalue weighted by atomic mass is 32.1. The summed E-state index contributed by atoms with van der Waals surface area (Å²) in [5, 5.41) is 12.6. The molecule has 2 fully saturated rings. The molecule has 2 aliphatic heterocycles. The van der Waals surface area contributed by atoms with Crippen LogP contribution in [0, 0.1) is 5.92 Å². The van der Waals surface area contributed by atoms with Crippen molar-refractivity contribution in [3.63, 3.8) is 0 Å². The average Bonchev–Trinajstić information content (AvgIpc) is 3.10. The minimum Gasteiger partial charge on any atom is -0.387 e. The highest BCUT2D eigenvalue weighted by Crippen LogP contribution is 2.28. The first kappa shape index (κ1) is 14.3. The molecule has 0 radical (unpaired) electrons. The molecule has 0 spiro atoms. The van der Waals surface area contributed by atoms with E-state index in [0.29, 0.717) is 0 Å². The lowest BCUT2D eigenvalue weighted by Gasteiger charge is -2.33. The van der Waals surface area contributed by atoms with Gasteiger partial charge in [0.25, 0.3) is 0 Å². The van der Waals surface area contributed by atoms with E-state index < -0.39 is 6.10 Å². The van der Waals surface area contributed by atoms with E-state index in [4.69, 9.17) is 0 Å². The second kappa shape index (κ2) is 6.41. The van der Waals surface area contributed by atoms with Crippen molar-refractivity contribution in [3.05, 3.63) is 11.1 Å². The highest BCUT2D eigenvalue weighted by molar-refractivity contribution is 7.13. The van der Waals surface area contributed by atoms with Gasteiger partial charge in [-0.15, -0.1) is 11.3 Å². The maximum atomic E-state index is 9.56. The molecule has 3 heterocycles. The van der Waals surface area contributed by atoms with E-state index >= 15 is 0 Å². The Morgan fingerprint density at radius 2 is 2.00 bits per heavy atom. The van der Waals surface area contributed by atoms with Gasteiger partial charge in [-0.1, -0.05) is 0 Å². The lowest BCUT2D eigenvalue weighted by Crippen LogP contribution is -2.38. The summed E-state index contributed by atoms with van der Waals surface area (Å²) in [5.74, 6) is 0.862. The average molecular weight is 295 g/mol. The van der Waals surface area contributed by atoms with E-state index in [1.54, 1.807) is 18.3 Å². The third-order valence-electron chi connectivity index (χ3n) is 4.54. The molecular weight excluding hydrogens is 270 g/mol. The predicted molar refractivity (Wildman–Crippen MR) is 83.4 cm³/mol. The lowest BCUT2D eigenvalue weighted by atomic mass is 9.96. The number of aliphatic hydroxyl groups excluding tert-OH is 1. The van der Waals surface area contributed by atoms with Gasteiger partial charge in [0.1, 0.15) is 0 Å². The van der Waals surface area contributed by atoms with E-state index in [9.17, 15) is 5.11 Å². The molecule has 0 amide bonds. The largest absolute Gasteiger partial charge is 0.387 e. The van der Waals surface area contributed by atoms with Gasteiger partial charge in [0.05, 0.1) is 11.8 Å². The number of nitrogens with zero attached hydrogens (tertiary/aromatic N) is 3. The Morgan fingerprint density at radius 3 is 2.60 bits per heavy atom. The molecule has 1 aromatic rings. The first-order chi connectivity index (χ1) is 9.72. The van der Waals surface area contributed by atoms with Crippen LogP contribution in [0.25, 0.3) is 0 Å². The van der Waals surface area contributed by atoms with Crippen molar-refractivity contribution in [1.29, 1.82) is 0 Å². The summed E-state index contributed by atoms with van der Waals surface area (Å²) < 4.78 is 0. The molecule has 1 N–H and O–H groups in total. The fraction of sp³-hybridized carbons (Fsp3) is 0.800. The molecule has 1 unspecified atom stereocenters. The zero-order valence-electron chi connectivity index (χ0n) is 12.3. The number of aliphatic hydroxyl groups is 1. The van der Waals surface area contributed by atoms with Gasteiger partial charge >= 0.3 is 0 Å². The minimum absolute atomic E-state index is 0.451. The van der Waals surface area contributed by atoms with Crippen LogP contribution >= 0.6 is 11.3 Å². The van der Waals surface area contributed by atoms with E-state index in [1.165, 1.54) is 45.3 Å². The third-order valence-corrected chi connectivity index (χ3v) is 5.46. The van der Waals surface area contributed by atoms with Gasteiger partial charge in [-0.25, -0.2) is 4.98 Å². The number of likely N-dealkylation sites (tertiary alicyclic amines) is 1. The Bertz CT molecular complexity index is 421. The SMILES string of the molecule is CC(O)c1csc(N2CCC(CN3CCCC3)CC2)n1. The van der Waals surface area contributed by atoms with E-state index in [-0.39, 0.29) is 0 Å². The van der Waals surface area contributed by atoms with Gasteiger partial charge in [0, 0.05) is 25.0 Å². The van der Waals surface area contributed by atoms with Gasteiger partial charge in [-0.3, -0.25) is 0 Å². The second-order valence-electron chi connectivity index (χ2n) is 6.17. The van der Waals surface area contributed by atoms with Crippen molar-refractivity contribution in [2.24, 2.45) is 5.92 Å². The molecule has 5 heteroatoms. The summed E-state index contributed by atoms with van der Waals surface area (Å²) >= 11 is 1.66. The van der Waals surface area contributed by atoms with Crippen LogP contribution in [0.4, 0.5) is 5.13 Å². The summed E-state index contributed by atoms with van der Waals surface area (Å²) in [6.45, 7) is 7.93. The summed E-state index contributed by atoms with van der Waals surface area (Å²) in [6, 6.07) is 0. The molecule has 2 aliphatic rings. The molecule has 2 saturated heterocycles. The molecule has 4 nitrogen and oxygen atoms in total. The van der Waals surface area contributed by atoms with Gasteiger partial charge in [0.15, 0.2) is 5.13 Å². The Balaban J connectivity index is 1.49. The number of anilines is 1. The van der Waals surface area contributed by atoms with Crippen LogP contribution < -0.4 is 4.90 Å². The Morgan fingerprint density at radius 1 is 1.30 bits per heavy atom. The van der Waals surface area contributed by atoms with Crippen LogP contribution in [0.5, 0.6) is 0 Å². The van der Waals surface area contributed by atoms with E-state index in [0.717, 1.165) is 29.8 Å². The zero-order valence-corrected chi connectivity index (χ0v) is 13.1. The second-order valence-corrected chi connectivity index (χ2v) is 7.01. The Labute approximate surface area is 125 Å². The van der Waals surface area contributed by atoms with Crippen molar-refractivity contribution in [2.45, 2.75) is 38.7 Å². The summed E-state index contributed by atoms with van der Waals surface area (Å²) in [7, 11) is 0. The van der Waals surface area contributed by atoms with Crippen LogP contribution in [0.15, 0.2) is 5.38 Å². The smallest absolute Gasteiger partial charge is 0.185 e. The van der Waals surface area contributed by atoms with E-state index in [1.807, 2.05) is 5.38 Å². The normalized spacial score (nSPS) is 23.4. The van der Waals surface area contributed by atoms with Gasteiger partial charge < -0.3 is 14.9 Å². The van der Waals surface area contributed by atoms with Crippen LogP contribution in [-0.2, 0) is 0 Å². The van der Waals surface area contributed by atoms with E-state index in [2.05, 4.69) is 14.8 Å². The summed E-state index contributed by atoms with van der Waals surface area (Å²) in [4.78, 5) is 9.57. The van der Waals surface area contributed by atoms with Crippen LogP contribution in [-0.4, -0.2) is 47.7 Å². The highest BCUT2D eigenvalue weighted by Gasteiger charge is 2.24. The van der Waals surface area contributed by atoms with Gasteiger partial charge in [0.2, 0.25) is 0 Å². The minimum atomic E-state index is -0.451. The quantitative estimate of drug-likeness (QED) is 0.926. The molecule has 112 valence electrons. The molecule has 0 aromatic carbocycles. The summed E-state index contributed by atoms with van der Waals surface area (Å²) in [5.41, 5.74) is 0.809. The first-order valence-corrected chi connectivity index (χ1v) is 8.71. The van der Waals surface area contributed by atoms with Gasteiger partial charge in [-0.2, -0.15) is 0 Å². The van der Waals surface area contributed by atoms with Crippen LogP contribution in [0.3, 0.4) is 0 Å². The fourth-order valence-electron chi connectivity index (χ4n) is 3.25.